The normalized spacial score (nSPS) is 10.9. The van der Waals surface area contributed by atoms with Gasteiger partial charge in [0.05, 0.1) is 4.88 Å². The predicted molar refractivity (Wildman–Crippen MR) is 116 cm³/mol. The molecular weight excluding hydrogens is 419 g/mol. The fraction of sp³-hybridized carbons (Fsp3) is 0.143. The number of hydrogen-bond donors (Lipinski definition) is 3. The van der Waals surface area contributed by atoms with Crippen molar-refractivity contribution in [2.75, 3.05) is 12.3 Å². The zero-order chi connectivity index (χ0) is 22.0. The summed E-state index contributed by atoms with van der Waals surface area (Å²) in [6, 6.07) is 11.1. The Hall–Kier alpha value is -3.79. The molecule has 0 unspecified atom stereocenters. The van der Waals surface area contributed by atoms with E-state index in [-0.39, 0.29) is 23.6 Å². The smallest absolute Gasteiger partial charge is 0.270 e. The van der Waals surface area contributed by atoms with E-state index >= 15 is 0 Å². The molecule has 158 valence electrons. The Balaban J connectivity index is 1.58. The number of carbonyl (C=O) groups is 2. The van der Waals surface area contributed by atoms with Gasteiger partial charge in [0.25, 0.3) is 11.8 Å². The van der Waals surface area contributed by atoms with Crippen LogP contribution in [0.3, 0.4) is 0 Å². The number of hydrogen-bond acceptors (Lipinski definition) is 6. The minimum absolute atomic E-state index is 0.0638. The van der Waals surface area contributed by atoms with Crippen LogP contribution in [0.4, 0.5) is 10.3 Å². The van der Waals surface area contributed by atoms with Gasteiger partial charge < -0.3 is 16.4 Å². The standard InChI is InChI=1S/C21H19FN6O2S/c1-2-24-19(29)16-7-13(9-18-26-21(23)27-28(16)18)14-8-17(31-11-14)20(30)25-10-12-3-5-15(22)6-4-12/h3-9,11H,2,10H2,1H3,(H2,23,27)(H,24,29)(H,25,30). The van der Waals surface area contributed by atoms with E-state index in [1.54, 1.807) is 30.3 Å². The van der Waals surface area contributed by atoms with Gasteiger partial charge in [-0.3, -0.25) is 9.59 Å². The highest BCUT2D eigenvalue weighted by Crippen LogP contribution is 2.28. The summed E-state index contributed by atoms with van der Waals surface area (Å²) in [5.74, 6) is -0.797. The van der Waals surface area contributed by atoms with Crippen LogP contribution in [0, 0.1) is 5.82 Å². The van der Waals surface area contributed by atoms with E-state index < -0.39 is 0 Å². The fourth-order valence-corrected chi connectivity index (χ4v) is 3.89. The Kier molecular flexibility index (Phi) is 5.63. The number of nitrogens with zero attached hydrogens (tertiary/aromatic N) is 3. The van der Waals surface area contributed by atoms with Crippen molar-refractivity contribution in [2.45, 2.75) is 13.5 Å². The second kappa shape index (κ2) is 8.52. The largest absolute Gasteiger partial charge is 0.366 e. The van der Waals surface area contributed by atoms with E-state index in [4.69, 9.17) is 5.73 Å². The van der Waals surface area contributed by atoms with Crippen molar-refractivity contribution in [1.82, 2.24) is 25.2 Å². The summed E-state index contributed by atoms with van der Waals surface area (Å²) >= 11 is 1.29. The summed E-state index contributed by atoms with van der Waals surface area (Å²) in [4.78, 5) is 29.7. The Bertz CT molecular complexity index is 1260. The summed E-state index contributed by atoms with van der Waals surface area (Å²) in [6.07, 6.45) is 0. The van der Waals surface area contributed by atoms with E-state index in [9.17, 15) is 14.0 Å². The quantitative estimate of drug-likeness (QED) is 0.428. The Morgan fingerprint density at radius 3 is 2.61 bits per heavy atom. The lowest BCUT2D eigenvalue weighted by Crippen LogP contribution is -2.25. The molecule has 1 aromatic carbocycles. The van der Waals surface area contributed by atoms with Crippen LogP contribution in [0.2, 0.25) is 0 Å². The van der Waals surface area contributed by atoms with Crippen LogP contribution in [0.1, 0.15) is 32.6 Å². The number of nitrogen functional groups attached to an aromatic ring is 1. The minimum Gasteiger partial charge on any atom is -0.366 e. The lowest BCUT2D eigenvalue weighted by atomic mass is 10.1. The monoisotopic (exact) mass is 438 g/mol. The second-order valence-electron chi connectivity index (χ2n) is 6.74. The minimum atomic E-state index is -0.323. The molecule has 3 heterocycles. The number of nitrogens with one attached hydrogen (secondary N) is 2. The number of rotatable bonds is 6. The summed E-state index contributed by atoms with van der Waals surface area (Å²) in [5, 5.41) is 11.5. The molecule has 2 amide bonds. The molecule has 0 aliphatic carbocycles. The molecule has 3 aromatic heterocycles. The van der Waals surface area contributed by atoms with Crippen LogP contribution < -0.4 is 16.4 Å². The van der Waals surface area contributed by atoms with Crippen LogP contribution >= 0.6 is 11.3 Å². The van der Waals surface area contributed by atoms with Crippen LogP contribution in [-0.2, 0) is 6.54 Å². The molecule has 0 spiro atoms. The molecule has 0 aliphatic rings. The number of aromatic nitrogens is 3. The number of amides is 2. The van der Waals surface area contributed by atoms with Gasteiger partial charge in [-0.1, -0.05) is 12.1 Å². The first-order valence-electron chi connectivity index (χ1n) is 9.50. The van der Waals surface area contributed by atoms with Gasteiger partial charge in [0.2, 0.25) is 5.95 Å². The maximum absolute atomic E-state index is 13.0. The molecule has 0 aliphatic heterocycles. The molecule has 4 aromatic rings. The lowest BCUT2D eigenvalue weighted by molar-refractivity contribution is 0.0943. The first-order chi connectivity index (χ1) is 14.9. The lowest BCUT2D eigenvalue weighted by Gasteiger charge is -2.07. The van der Waals surface area contributed by atoms with E-state index in [0.717, 1.165) is 16.7 Å². The number of fused-ring (bicyclic) bond motifs is 1. The summed E-state index contributed by atoms with van der Waals surface area (Å²) in [6.45, 7) is 2.58. The van der Waals surface area contributed by atoms with Crippen molar-refractivity contribution in [1.29, 1.82) is 0 Å². The third kappa shape index (κ3) is 4.38. The summed E-state index contributed by atoms with van der Waals surface area (Å²) in [5.41, 5.74) is 8.73. The third-order valence-electron chi connectivity index (χ3n) is 4.55. The van der Waals surface area contributed by atoms with Crippen molar-refractivity contribution in [2.24, 2.45) is 0 Å². The van der Waals surface area contributed by atoms with Crippen LogP contribution in [0.15, 0.2) is 47.8 Å². The average molecular weight is 438 g/mol. The second-order valence-corrected chi connectivity index (χ2v) is 7.65. The number of halogens is 1. The van der Waals surface area contributed by atoms with E-state index in [1.165, 1.54) is 28.0 Å². The molecule has 4 rings (SSSR count). The van der Waals surface area contributed by atoms with Gasteiger partial charge in [0.1, 0.15) is 11.5 Å². The zero-order valence-corrected chi connectivity index (χ0v) is 17.4. The molecule has 0 fully saturated rings. The van der Waals surface area contributed by atoms with Gasteiger partial charge >= 0.3 is 0 Å². The van der Waals surface area contributed by atoms with Crippen molar-refractivity contribution in [3.05, 3.63) is 69.8 Å². The van der Waals surface area contributed by atoms with E-state index in [2.05, 4.69) is 20.7 Å². The Labute approximate surface area is 180 Å². The van der Waals surface area contributed by atoms with Crippen molar-refractivity contribution in [3.8, 4) is 11.1 Å². The number of nitrogens with two attached hydrogens (primary N) is 1. The van der Waals surface area contributed by atoms with Gasteiger partial charge in [0, 0.05) is 13.1 Å². The number of thiophene rings is 1. The molecule has 0 saturated heterocycles. The fourth-order valence-electron chi connectivity index (χ4n) is 3.06. The van der Waals surface area contributed by atoms with Gasteiger partial charge in [-0.2, -0.15) is 4.98 Å². The molecule has 10 heteroatoms. The number of benzene rings is 1. The first-order valence-corrected chi connectivity index (χ1v) is 10.4. The molecule has 31 heavy (non-hydrogen) atoms. The molecule has 0 bridgehead atoms. The SMILES string of the molecule is CCNC(=O)c1cc(-c2csc(C(=O)NCc3ccc(F)cc3)c2)cc2nc(N)nn12. The van der Waals surface area contributed by atoms with E-state index in [1.807, 2.05) is 12.3 Å². The topological polar surface area (TPSA) is 114 Å². The Morgan fingerprint density at radius 2 is 1.87 bits per heavy atom. The van der Waals surface area contributed by atoms with Gasteiger partial charge in [0.15, 0.2) is 5.65 Å². The number of carbonyl (C=O) groups excluding carboxylic acids is 2. The molecule has 0 saturated carbocycles. The van der Waals surface area contributed by atoms with E-state index in [0.29, 0.717) is 29.3 Å². The summed E-state index contributed by atoms with van der Waals surface area (Å²) < 4.78 is 14.4. The maximum atomic E-state index is 13.0. The van der Waals surface area contributed by atoms with Gasteiger partial charge in [-0.15, -0.1) is 16.4 Å². The number of pyridine rings is 1. The van der Waals surface area contributed by atoms with Gasteiger partial charge in [-0.25, -0.2) is 8.91 Å². The van der Waals surface area contributed by atoms with Crippen molar-refractivity contribution < 1.29 is 14.0 Å². The highest BCUT2D eigenvalue weighted by molar-refractivity contribution is 7.12. The third-order valence-corrected chi connectivity index (χ3v) is 5.48. The maximum Gasteiger partial charge on any atom is 0.270 e. The zero-order valence-electron chi connectivity index (χ0n) is 16.6. The molecule has 0 radical (unpaired) electrons. The Morgan fingerprint density at radius 1 is 1.10 bits per heavy atom. The predicted octanol–water partition coefficient (Wildman–Crippen LogP) is 2.86. The molecule has 0 atom stereocenters. The highest BCUT2D eigenvalue weighted by atomic mass is 32.1. The molecule has 8 nitrogen and oxygen atoms in total. The first kappa shape index (κ1) is 20.5. The summed E-state index contributed by atoms with van der Waals surface area (Å²) in [7, 11) is 0. The van der Waals surface area contributed by atoms with Crippen LogP contribution in [0.25, 0.3) is 16.8 Å². The highest BCUT2D eigenvalue weighted by Gasteiger charge is 2.17. The number of anilines is 1. The van der Waals surface area contributed by atoms with Crippen molar-refractivity contribution >= 4 is 34.7 Å². The van der Waals surface area contributed by atoms with Crippen molar-refractivity contribution in [3.63, 3.8) is 0 Å². The van der Waals surface area contributed by atoms with Crippen LogP contribution in [0.5, 0.6) is 0 Å². The molecule has 4 N–H and O–H groups in total. The van der Waals surface area contributed by atoms with Crippen LogP contribution in [-0.4, -0.2) is 33.0 Å². The average Bonchev–Trinajstić information content (AvgIpc) is 3.38. The molecular formula is C21H19FN6O2S. The van der Waals surface area contributed by atoms with Gasteiger partial charge in [-0.05, 0) is 59.3 Å².